The maximum Gasteiger partial charge on any atom is 0.155 e. The van der Waals surface area contributed by atoms with Crippen LogP contribution in [0.2, 0.25) is 0 Å². The number of carbonyl (C=O) groups excluding carboxylic acids is 1. The van der Waals surface area contributed by atoms with Crippen LogP contribution < -0.4 is 0 Å². The van der Waals surface area contributed by atoms with Crippen molar-refractivity contribution in [2.75, 3.05) is 0 Å². The van der Waals surface area contributed by atoms with Crippen LogP contribution in [0, 0.1) is 6.07 Å². The van der Waals surface area contributed by atoms with Gasteiger partial charge >= 0.3 is 0 Å². The maximum atomic E-state index is 10.0. The summed E-state index contributed by atoms with van der Waals surface area (Å²) in [5.74, 6) is -0.0625. The zero-order valence-corrected chi connectivity index (χ0v) is 13.6. The van der Waals surface area contributed by atoms with E-state index in [1.54, 1.807) is 6.20 Å². The Morgan fingerprint density at radius 1 is 1.25 bits per heavy atom. The van der Waals surface area contributed by atoms with E-state index < -0.39 is 0 Å². The summed E-state index contributed by atoms with van der Waals surface area (Å²) in [6, 6.07) is 14.6. The van der Waals surface area contributed by atoms with Crippen molar-refractivity contribution in [3.63, 3.8) is 0 Å². The van der Waals surface area contributed by atoms with Crippen LogP contribution in [0.25, 0.3) is 11.3 Å². The molecule has 0 aliphatic rings. The molecule has 1 aromatic carbocycles. The zero-order chi connectivity index (χ0) is 14.1. The Labute approximate surface area is 131 Å². The summed E-state index contributed by atoms with van der Waals surface area (Å²) >= 11 is 0. The first kappa shape index (κ1) is 18.2. The second-order valence-corrected chi connectivity index (χ2v) is 3.78. The molecule has 0 saturated heterocycles. The van der Waals surface area contributed by atoms with Crippen LogP contribution >= 0.6 is 0 Å². The third-order valence-corrected chi connectivity index (χ3v) is 1.97. The van der Waals surface area contributed by atoms with Gasteiger partial charge in [-0.2, -0.15) is 5.10 Å². The van der Waals surface area contributed by atoms with E-state index in [2.05, 4.69) is 16.3 Å². The van der Waals surface area contributed by atoms with Crippen LogP contribution in [-0.2, 0) is 24.9 Å². The molecule has 0 atom stereocenters. The van der Waals surface area contributed by atoms with Crippen molar-refractivity contribution in [1.82, 2.24) is 10.2 Å². The van der Waals surface area contributed by atoms with Gasteiger partial charge in [-0.1, -0.05) is 6.07 Å². The summed E-state index contributed by atoms with van der Waals surface area (Å²) < 4.78 is 0. The Hall–Kier alpha value is -1.84. The number of carbonyl (C=O) groups is 1. The number of ketones is 1. The van der Waals surface area contributed by atoms with E-state index in [0.29, 0.717) is 0 Å². The summed E-state index contributed by atoms with van der Waals surface area (Å²) in [6.45, 7) is 2.85. The molecule has 0 spiro atoms. The van der Waals surface area contributed by atoms with Crippen molar-refractivity contribution in [2.24, 2.45) is 0 Å². The van der Waals surface area contributed by atoms with Crippen LogP contribution in [0.3, 0.4) is 0 Å². The fourth-order valence-corrected chi connectivity index (χ4v) is 1.29. The summed E-state index contributed by atoms with van der Waals surface area (Å²) in [7, 11) is 0. The Kier molecular flexibility index (Phi) is 9.09. The van der Waals surface area contributed by atoms with Gasteiger partial charge in [-0.05, 0) is 19.9 Å². The van der Waals surface area contributed by atoms with E-state index in [0.717, 1.165) is 11.3 Å². The van der Waals surface area contributed by atoms with Gasteiger partial charge in [0.25, 0.3) is 0 Å². The number of hydrogen-bond acceptors (Lipinski definition) is 4. The summed E-state index contributed by atoms with van der Waals surface area (Å²) in [6.07, 6.45) is 2.83. The second kappa shape index (κ2) is 10.0. The second-order valence-electron chi connectivity index (χ2n) is 3.78. The molecule has 0 aliphatic heterocycles. The van der Waals surface area contributed by atoms with Crippen molar-refractivity contribution in [1.29, 1.82) is 0 Å². The average Bonchev–Trinajstić information content (AvgIpc) is 2.40. The number of rotatable bonds is 2. The Bertz CT molecular complexity index is 501. The fourth-order valence-electron chi connectivity index (χ4n) is 1.29. The molecule has 1 radical (unpaired) electrons. The topological polar surface area (TPSA) is 63.1 Å². The summed E-state index contributed by atoms with van der Waals surface area (Å²) in [5, 5.41) is 16.1. The molecule has 1 aromatic heterocycles. The molecule has 1 N–H and O–H groups in total. The molecule has 0 amide bonds. The summed E-state index contributed by atoms with van der Waals surface area (Å²) in [5.41, 5.74) is 1.84. The van der Waals surface area contributed by atoms with Crippen molar-refractivity contribution >= 4 is 5.78 Å². The van der Waals surface area contributed by atoms with E-state index in [1.807, 2.05) is 36.4 Å². The Morgan fingerprint density at radius 3 is 2.40 bits per heavy atom. The van der Waals surface area contributed by atoms with Gasteiger partial charge < -0.3 is 5.11 Å². The number of benzene rings is 1. The van der Waals surface area contributed by atoms with Gasteiger partial charge in [0.05, 0.1) is 5.76 Å². The van der Waals surface area contributed by atoms with Gasteiger partial charge in [-0.25, -0.2) is 5.10 Å². The normalized spacial score (nSPS) is 9.80. The molecule has 5 heteroatoms. The number of aliphatic hydroxyl groups excluding tert-OH is 1. The fraction of sp³-hybridized carbons (Fsp3) is 0.133. The molecule has 1 heterocycles. The molecule has 0 saturated carbocycles. The first-order valence-corrected chi connectivity index (χ1v) is 5.72. The van der Waals surface area contributed by atoms with E-state index in [9.17, 15) is 4.79 Å². The van der Waals surface area contributed by atoms with E-state index >= 15 is 0 Å². The van der Waals surface area contributed by atoms with Gasteiger partial charge in [-0.3, -0.25) is 4.79 Å². The maximum absolute atomic E-state index is 10.0. The minimum atomic E-state index is -0.125. The Morgan fingerprint density at radius 2 is 2.00 bits per heavy atom. The third-order valence-electron chi connectivity index (χ3n) is 1.97. The molecule has 0 aliphatic carbocycles. The van der Waals surface area contributed by atoms with Crippen molar-refractivity contribution in [2.45, 2.75) is 13.8 Å². The third kappa shape index (κ3) is 7.56. The number of allylic oxidation sites excluding steroid dienone is 2. The van der Waals surface area contributed by atoms with E-state index in [4.69, 9.17) is 5.11 Å². The summed E-state index contributed by atoms with van der Waals surface area (Å²) in [4.78, 5) is 10.0. The van der Waals surface area contributed by atoms with Crippen LogP contribution in [0.1, 0.15) is 13.8 Å². The molecule has 20 heavy (non-hydrogen) atoms. The first-order valence-electron chi connectivity index (χ1n) is 5.72. The standard InChI is InChI=1S/C10H7N2.C5H8O2.Ir/c1-2-5-9(6-3-1)10-7-4-8-11-12-10;1-4(6)3-5(2)7;/h1-5,7-8H;3,6H,1-2H3;/q-1;;/b;4-3-;. The van der Waals surface area contributed by atoms with Crippen molar-refractivity contribution in [3.05, 3.63) is 60.5 Å². The molecular formula is C15H15IrN2O2-. The van der Waals surface area contributed by atoms with Gasteiger partial charge in [0, 0.05) is 38.1 Å². The van der Waals surface area contributed by atoms with Crippen LogP contribution in [0.5, 0.6) is 0 Å². The molecule has 4 nitrogen and oxygen atoms in total. The molecule has 0 fully saturated rings. The predicted octanol–water partition coefficient (Wildman–Crippen LogP) is 2.98. The van der Waals surface area contributed by atoms with Crippen molar-refractivity contribution < 1.29 is 30.0 Å². The molecule has 2 rings (SSSR count). The number of hydrogen-bond donors (Lipinski definition) is 1. The van der Waals surface area contributed by atoms with Gasteiger partial charge in [0.1, 0.15) is 0 Å². The number of aliphatic hydroxyl groups is 1. The quantitative estimate of drug-likeness (QED) is 0.437. The molecule has 2 aromatic rings. The average molecular weight is 448 g/mol. The Balaban J connectivity index is 0.000000396. The van der Waals surface area contributed by atoms with Gasteiger partial charge in [0.2, 0.25) is 0 Å². The van der Waals surface area contributed by atoms with Crippen LogP contribution in [-0.4, -0.2) is 21.1 Å². The first-order chi connectivity index (χ1) is 9.09. The molecule has 0 bridgehead atoms. The number of nitrogens with zero attached hydrogens (tertiary/aromatic N) is 2. The van der Waals surface area contributed by atoms with Crippen molar-refractivity contribution in [3.8, 4) is 11.3 Å². The van der Waals surface area contributed by atoms with Gasteiger partial charge in [0.15, 0.2) is 5.78 Å². The SMILES string of the molecule is CC(=O)/C=C(/C)O.[Ir].[c-]1ccccc1-c1cccnn1. The van der Waals surface area contributed by atoms with E-state index in [-0.39, 0.29) is 31.6 Å². The largest absolute Gasteiger partial charge is 0.512 e. The molecular weight excluding hydrogens is 432 g/mol. The van der Waals surface area contributed by atoms with E-state index in [1.165, 1.54) is 19.9 Å². The number of aromatic nitrogens is 2. The van der Waals surface area contributed by atoms with Crippen LogP contribution in [0.4, 0.5) is 0 Å². The van der Waals surface area contributed by atoms with Crippen LogP contribution in [0.15, 0.2) is 54.4 Å². The minimum Gasteiger partial charge on any atom is -0.512 e. The molecule has 0 unspecified atom stereocenters. The predicted molar refractivity (Wildman–Crippen MR) is 73.4 cm³/mol. The zero-order valence-electron chi connectivity index (χ0n) is 11.2. The van der Waals surface area contributed by atoms with Gasteiger partial charge in [-0.15, -0.1) is 35.9 Å². The minimum absolute atomic E-state index is 0. The molecule has 107 valence electrons. The monoisotopic (exact) mass is 448 g/mol. The smallest absolute Gasteiger partial charge is 0.155 e.